The molecule has 0 aromatic carbocycles. The minimum Gasteiger partial charge on any atom is -0.481 e. The van der Waals surface area contributed by atoms with Crippen LogP contribution < -0.4 is 10.6 Å². The molecule has 2 aliphatic heterocycles. The summed E-state index contributed by atoms with van der Waals surface area (Å²) in [7, 11) is 0. The average molecular weight is 428 g/mol. The van der Waals surface area contributed by atoms with Gasteiger partial charge in [-0.25, -0.2) is 0 Å². The fraction of sp³-hybridized carbons (Fsp3) is 0.556. The number of carbonyl (C=O) groups excluding carboxylic acids is 6. The zero-order valence-electron chi connectivity index (χ0n) is 16.2. The summed E-state index contributed by atoms with van der Waals surface area (Å²) >= 11 is 0. The smallest absolute Gasteiger partial charge is 0.303 e. The van der Waals surface area contributed by atoms with Crippen molar-refractivity contribution in [1.29, 1.82) is 0 Å². The van der Waals surface area contributed by atoms with Crippen LogP contribution in [0.2, 0.25) is 0 Å². The van der Waals surface area contributed by atoms with Crippen LogP contribution >= 0.6 is 0 Å². The van der Waals surface area contributed by atoms with Gasteiger partial charge in [0.15, 0.2) is 0 Å². The van der Waals surface area contributed by atoms with Gasteiger partial charge in [-0.1, -0.05) is 0 Å². The van der Waals surface area contributed by atoms with Crippen molar-refractivity contribution in [2.24, 2.45) is 0 Å². The molecule has 30 heavy (non-hydrogen) atoms. The molecular formula is C18H24N2O10. The summed E-state index contributed by atoms with van der Waals surface area (Å²) in [6.07, 6.45) is 0.847. The van der Waals surface area contributed by atoms with E-state index in [0.717, 1.165) is 0 Å². The summed E-state index contributed by atoms with van der Waals surface area (Å²) in [6, 6.07) is 0. The van der Waals surface area contributed by atoms with Crippen LogP contribution in [0.15, 0.2) is 0 Å². The van der Waals surface area contributed by atoms with Gasteiger partial charge in [0.1, 0.15) is 11.6 Å². The minimum atomic E-state index is -1.05. The number of hydrogen-bond acceptors (Lipinski definition) is 8. The molecule has 12 nitrogen and oxygen atoms in total. The standard InChI is InChI=1S/C10H14O6.2C4H5NO2/c11-7(3-5-9(13)14)1-2-8(12)4-6-10(15)16;2*6-3-1-2-4(7)5-3/h1-6H2,(H,13,14)(H,15,16);2*1-2H2,(H,5,6,7). The second-order valence-corrected chi connectivity index (χ2v) is 6.31. The molecule has 2 fully saturated rings. The number of imide groups is 2. The van der Waals surface area contributed by atoms with Crippen molar-refractivity contribution in [2.75, 3.05) is 0 Å². The van der Waals surface area contributed by atoms with Gasteiger partial charge in [-0.15, -0.1) is 0 Å². The Morgan fingerprint density at radius 3 is 0.933 bits per heavy atom. The number of rotatable bonds is 9. The van der Waals surface area contributed by atoms with Gasteiger partial charge in [0.2, 0.25) is 23.6 Å². The monoisotopic (exact) mass is 428 g/mol. The van der Waals surface area contributed by atoms with E-state index in [4.69, 9.17) is 10.2 Å². The van der Waals surface area contributed by atoms with Gasteiger partial charge >= 0.3 is 11.9 Å². The molecule has 0 bridgehead atoms. The molecule has 0 spiro atoms. The van der Waals surface area contributed by atoms with Crippen LogP contribution in [0.3, 0.4) is 0 Å². The quantitative estimate of drug-likeness (QED) is 0.346. The van der Waals surface area contributed by atoms with Crippen molar-refractivity contribution in [3.8, 4) is 0 Å². The molecule has 2 aliphatic rings. The Hall–Kier alpha value is -3.44. The first-order valence-corrected chi connectivity index (χ1v) is 9.12. The fourth-order valence-corrected chi connectivity index (χ4v) is 2.04. The summed E-state index contributed by atoms with van der Waals surface area (Å²) in [5.41, 5.74) is 0. The molecule has 2 saturated heterocycles. The first-order chi connectivity index (χ1) is 14.0. The highest BCUT2D eigenvalue weighted by Gasteiger charge is 2.16. The van der Waals surface area contributed by atoms with Crippen molar-refractivity contribution >= 4 is 47.1 Å². The molecule has 2 heterocycles. The highest BCUT2D eigenvalue weighted by molar-refractivity contribution is 6.02. The predicted octanol–water partition coefficient (Wildman–Crippen LogP) is -0.520. The molecule has 0 aliphatic carbocycles. The Balaban J connectivity index is 0.000000487. The second kappa shape index (κ2) is 14.5. The zero-order chi connectivity index (χ0) is 23.1. The third-order valence-corrected chi connectivity index (χ3v) is 3.63. The van der Waals surface area contributed by atoms with E-state index in [0.29, 0.717) is 25.7 Å². The van der Waals surface area contributed by atoms with Crippen LogP contribution in [0.5, 0.6) is 0 Å². The Morgan fingerprint density at radius 1 is 0.533 bits per heavy atom. The Bertz CT molecular complexity index is 626. The lowest BCUT2D eigenvalue weighted by atomic mass is 10.1. The van der Waals surface area contributed by atoms with Crippen LogP contribution in [-0.4, -0.2) is 57.3 Å². The molecule has 4 amide bonds. The summed E-state index contributed by atoms with van der Waals surface area (Å²) in [4.78, 5) is 82.9. The molecule has 166 valence electrons. The molecule has 4 N–H and O–H groups in total. The Labute approximate surface area is 171 Å². The number of hydrogen-bond donors (Lipinski definition) is 4. The lowest BCUT2D eigenvalue weighted by Crippen LogP contribution is -2.18. The summed E-state index contributed by atoms with van der Waals surface area (Å²) in [5.74, 6) is -3.27. The highest BCUT2D eigenvalue weighted by Crippen LogP contribution is 2.03. The van der Waals surface area contributed by atoms with E-state index in [1.54, 1.807) is 0 Å². The number of carboxylic acid groups (broad SMARTS) is 2. The van der Waals surface area contributed by atoms with Crippen molar-refractivity contribution in [1.82, 2.24) is 10.6 Å². The maximum Gasteiger partial charge on any atom is 0.303 e. The summed E-state index contributed by atoms with van der Waals surface area (Å²) in [5, 5.41) is 20.9. The minimum absolute atomic E-state index is 0.00820. The van der Waals surface area contributed by atoms with Crippen LogP contribution in [0.25, 0.3) is 0 Å². The van der Waals surface area contributed by atoms with Crippen molar-refractivity contribution in [3.05, 3.63) is 0 Å². The number of aliphatic carboxylic acids is 2. The predicted molar refractivity (Wildman–Crippen MR) is 97.8 cm³/mol. The number of carbonyl (C=O) groups is 8. The number of carboxylic acids is 2. The van der Waals surface area contributed by atoms with E-state index in [1.165, 1.54) is 0 Å². The molecule has 0 saturated carbocycles. The normalized spacial score (nSPS) is 14.5. The van der Waals surface area contributed by atoms with E-state index in [2.05, 4.69) is 10.6 Å². The molecule has 0 radical (unpaired) electrons. The van der Waals surface area contributed by atoms with E-state index in [9.17, 15) is 38.4 Å². The van der Waals surface area contributed by atoms with Gasteiger partial charge in [0, 0.05) is 51.4 Å². The van der Waals surface area contributed by atoms with Gasteiger partial charge in [0.25, 0.3) is 0 Å². The zero-order valence-corrected chi connectivity index (χ0v) is 16.2. The molecule has 2 rings (SSSR count). The van der Waals surface area contributed by atoms with Crippen LogP contribution in [0, 0.1) is 0 Å². The number of ketones is 2. The maximum atomic E-state index is 11.1. The van der Waals surface area contributed by atoms with Gasteiger partial charge < -0.3 is 10.2 Å². The first kappa shape index (κ1) is 26.6. The SMILES string of the molecule is O=C(O)CCC(=O)CCC(=O)CCC(=O)O.O=C1CCC(=O)N1.O=C1CCC(=O)N1. The lowest BCUT2D eigenvalue weighted by Gasteiger charge is -1.98. The van der Waals surface area contributed by atoms with E-state index >= 15 is 0 Å². The number of Topliss-reactive ketones (excluding diaryl/α,β-unsaturated/α-hetero) is 2. The fourth-order valence-electron chi connectivity index (χ4n) is 2.04. The van der Waals surface area contributed by atoms with Crippen LogP contribution in [0.1, 0.15) is 64.2 Å². The number of nitrogens with one attached hydrogen (secondary N) is 2. The third kappa shape index (κ3) is 15.6. The van der Waals surface area contributed by atoms with Gasteiger partial charge in [-0.05, 0) is 0 Å². The van der Waals surface area contributed by atoms with Gasteiger partial charge in [-0.3, -0.25) is 49.0 Å². The largest absolute Gasteiger partial charge is 0.481 e. The van der Waals surface area contributed by atoms with Crippen molar-refractivity contribution in [3.63, 3.8) is 0 Å². The molecular weight excluding hydrogens is 404 g/mol. The summed E-state index contributed by atoms with van der Waals surface area (Å²) < 4.78 is 0. The topological polar surface area (TPSA) is 201 Å². The van der Waals surface area contributed by atoms with E-state index in [-0.39, 0.29) is 73.7 Å². The lowest BCUT2D eigenvalue weighted by molar-refractivity contribution is -0.139. The molecule has 0 aromatic rings. The summed E-state index contributed by atoms with van der Waals surface area (Å²) in [6.45, 7) is 0. The molecule has 0 unspecified atom stereocenters. The third-order valence-electron chi connectivity index (χ3n) is 3.63. The highest BCUT2D eigenvalue weighted by atomic mass is 16.4. The van der Waals surface area contributed by atoms with Crippen LogP contribution in [0.4, 0.5) is 0 Å². The average Bonchev–Trinajstić information content (AvgIpc) is 3.23. The van der Waals surface area contributed by atoms with E-state index < -0.39 is 11.9 Å². The Kier molecular flexibility index (Phi) is 12.9. The van der Waals surface area contributed by atoms with Crippen LogP contribution in [-0.2, 0) is 38.4 Å². The second-order valence-electron chi connectivity index (χ2n) is 6.31. The van der Waals surface area contributed by atoms with E-state index in [1.807, 2.05) is 0 Å². The van der Waals surface area contributed by atoms with Gasteiger partial charge in [0.05, 0.1) is 12.8 Å². The molecule has 12 heteroatoms. The van der Waals surface area contributed by atoms with Crippen molar-refractivity contribution in [2.45, 2.75) is 64.2 Å². The Morgan fingerprint density at radius 2 is 0.767 bits per heavy atom. The maximum absolute atomic E-state index is 11.1. The first-order valence-electron chi connectivity index (χ1n) is 9.12. The molecule has 0 aromatic heterocycles. The van der Waals surface area contributed by atoms with Gasteiger partial charge in [-0.2, -0.15) is 0 Å². The van der Waals surface area contributed by atoms with Crippen molar-refractivity contribution < 1.29 is 48.6 Å². The number of amides is 4. The molecule has 0 atom stereocenters.